The SMILES string of the molecule is NC1CC(=O)N(C2CC2)C1c1ccccc1C1CC1. The van der Waals surface area contributed by atoms with E-state index < -0.39 is 0 Å². The summed E-state index contributed by atoms with van der Waals surface area (Å²) in [6.07, 6.45) is 5.40. The second-order valence-corrected chi connectivity index (χ2v) is 6.25. The van der Waals surface area contributed by atoms with Crippen LogP contribution in [-0.4, -0.2) is 22.9 Å². The Morgan fingerprint density at radius 1 is 1.05 bits per heavy atom. The van der Waals surface area contributed by atoms with Crippen molar-refractivity contribution >= 4 is 5.91 Å². The van der Waals surface area contributed by atoms with E-state index in [0.717, 1.165) is 12.8 Å². The van der Waals surface area contributed by atoms with Gasteiger partial charge in [-0.25, -0.2) is 0 Å². The Hall–Kier alpha value is -1.35. The van der Waals surface area contributed by atoms with Crippen LogP contribution in [0.3, 0.4) is 0 Å². The molecule has 1 aliphatic heterocycles. The molecular weight excluding hydrogens is 236 g/mol. The van der Waals surface area contributed by atoms with E-state index in [1.165, 1.54) is 24.0 Å². The molecule has 0 radical (unpaired) electrons. The topological polar surface area (TPSA) is 46.3 Å². The highest BCUT2D eigenvalue weighted by atomic mass is 16.2. The van der Waals surface area contributed by atoms with Crippen LogP contribution in [0.4, 0.5) is 0 Å². The molecule has 19 heavy (non-hydrogen) atoms. The molecule has 4 rings (SSSR count). The summed E-state index contributed by atoms with van der Waals surface area (Å²) in [5.74, 6) is 0.964. The van der Waals surface area contributed by atoms with Gasteiger partial charge in [0.25, 0.3) is 0 Å². The molecular formula is C16H20N2O. The third kappa shape index (κ3) is 1.88. The highest BCUT2D eigenvalue weighted by molar-refractivity contribution is 5.81. The highest BCUT2D eigenvalue weighted by Crippen LogP contribution is 2.47. The molecule has 2 N–H and O–H groups in total. The summed E-state index contributed by atoms with van der Waals surface area (Å²) >= 11 is 0. The molecule has 1 aromatic carbocycles. The van der Waals surface area contributed by atoms with Crippen LogP contribution in [0, 0.1) is 0 Å². The first kappa shape index (κ1) is 11.5. The van der Waals surface area contributed by atoms with Gasteiger partial charge in [0, 0.05) is 18.5 Å². The molecule has 2 atom stereocenters. The van der Waals surface area contributed by atoms with E-state index in [1.807, 2.05) is 0 Å². The Bertz CT molecular complexity index is 519. The van der Waals surface area contributed by atoms with E-state index in [-0.39, 0.29) is 18.0 Å². The van der Waals surface area contributed by atoms with Gasteiger partial charge >= 0.3 is 0 Å². The van der Waals surface area contributed by atoms with Gasteiger partial charge in [0.05, 0.1) is 6.04 Å². The number of hydrogen-bond acceptors (Lipinski definition) is 2. The van der Waals surface area contributed by atoms with Crippen molar-refractivity contribution in [2.24, 2.45) is 5.73 Å². The maximum absolute atomic E-state index is 12.2. The van der Waals surface area contributed by atoms with Gasteiger partial charge in [0.1, 0.15) is 0 Å². The van der Waals surface area contributed by atoms with E-state index in [4.69, 9.17) is 5.73 Å². The predicted molar refractivity (Wildman–Crippen MR) is 73.6 cm³/mol. The van der Waals surface area contributed by atoms with Crippen molar-refractivity contribution in [2.75, 3.05) is 0 Å². The average molecular weight is 256 g/mol. The first-order chi connectivity index (χ1) is 9.25. The Morgan fingerprint density at radius 2 is 1.74 bits per heavy atom. The average Bonchev–Trinajstić information content (AvgIpc) is 3.27. The number of likely N-dealkylation sites (tertiary alicyclic amines) is 1. The predicted octanol–water partition coefficient (Wildman–Crippen LogP) is 2.33. The Labute approximate surface area is 113 Å². The normalized spacial score (nSPS) is 31.0. The van der Waals surface area contributed by atoms with Gasteiger partial charge in [0.15, 0.2) is 0 Å². The Kier molecular flexibility index (Phi) is 2.46. The van der Waals surface area contributed by atoms with Gasteiger partial charge in [-0.05, 0) is 42.7 Å². The van der Waals surface area contributed by atoms with Gasteiger partial charge in [-0.15, -0.1) is 0 Å². The summed E-state index contributed by atoms with van der Waals surface area (Å²) in [6.45, 7) is 0. The van der Waals surface area contributed by atoms with Crippen molar-refractivity contribution in [2.45, 2.75) is 56.1 Å². The molecule has 2 saturated carbocycles. The third-order valence-corrected chi connectivity index (χ3v) is 4.68. The van der Waals surface area contributed by atoms with Crippen molar-refractivity contribution in [3.8, 4) is 0 Å². The molecule has 3 heteroatoms. The minimum atomic E-state index is -0.0343. The van der Waals surface area contributed by atoms with Crippen molar-refractivity contribution in [1.82, 2.24) is 4.90 Å². The number of rotatable bonds is 3. The lowest BCUT2D eigenvalue weighted by Gasteiger charge is -2.29. The van der Waals surface area contributed by atoms with Crippen molar-refractivity contribution in [3.63, 3.8) is 0 Å². The largest absolute Gasteiger partial charge is 0.331 e. The Morgan fingerprint density at radius 3 is 2.37 bits per heavy atom. The van der Waals surface area contributed by atoms with Crippen LogP contribution in [-0.2, 0) is 4.79 Å². The van der Waals surface area contributed by atoms with Gasteiger partial charge in [-0.3, -0.25) is 4.79 Å². The van der Waals surface area contributed by atoms with Crippen molar-refractivity contribution in [3.05, 3.63) is 35.4 Å². The first-order valence-corrected chi connectivity index (χ1v) is 7.41. The molecule has 2 unspecified atom stereocenters. The zero-order valence-corrected chi connectivity index (χ0v) is 11.1. The summed E-state index contributed by atoms with van der Waals surface area (Å²) in [7, 11) is 0. The fourth-order valence-corrected chi connectivity index (χ4v) is 3.49. The van der Waals surface area contributed by atoms with Crippen LogP contribution in [0.1, 0.15) is 55.2 Å². The molecule has 2 aliphatic carbocycles. The molecule has 3 aliphatic rings. The lowest BCUT2D eigenvalue weighted by molar-refractivity contribution is -0.129. The molecule has 1 aromatic rings. The number of hydrogen-bond donors (Lipinski definition) is 1. The maximum Gasteiger partial charge on any atom is 0.225 e. The first-order valence-electron chi connectivity index (χ1n) is 7.41. The van der Waals surface area contributed by atoms with Gasteiger partial charge in [-0.1, -0.05) is 24.3 Å². The fraction of sp³-hybridized carbons (Fsp3) is 0.562. The summed E-state index contributed by atoms with van der Waals surface area (Å²) in [4.78, 5) is 14.3. The molecule has 0 aromatic heterocycles. The van der Waals surface area contributed by atoms with Crippen LogP contribution >= 0.6 is 0 Å². The molecule has 100 valence electrons. The zero-order valence-electron chi connectivity index (χ0n) is 11.1. The molecule has 0 bridgehead atoms. The van der Waals surface area contributed by atoms with Gasteiger partial charge in [-0.2, -0.15) is 0 Å². The Balaban J connectivity index is 1.75. The van der Waals surface area contributed by atoms with Crippen molar-refractivity contribution < 1.29 is 4.79 Å². The minimum Gasteiger partial charge on any atom is -0.331 e. The lowest BCUT2D eigenvalue weighted by Crippen LogP contribution is -2.35. The number of carbonyl (C=O) groups excluding carboxylic acids is 1. The number of benzene rings is 1. The summed E-state index contributed by atoms with van der Waals surface area (Å²) < 4.78 is 0. The van der Waals surface area contributed by atoms with E-state index in [0.29, 0.717) is 18.4 Å². The summed E-state index contributed by atoms with van der Waals surface area (Å²) in [6, 6.07) is 9.16. The van der Waals surface area contributed by atoms with Crippen LogP contribution in [0.25, 0.3) is 0 Å². The molecule has 1 saturated heterocycles. The second-order valence-electron chi connectivity index (χ2n) is 6.25. The molecule has 3 fully saturated rings. The van der Waals surface area contributed by atoms with Crippen LogP contribution < -0.4 is 5.73 Å². The summed E-state index contributed by atoms with van der Waals surface area (Å²) in [5.41, 5.74) is 9.03. The van der Waals surface area contributed by atoms with Crippen molar-refractivity contribution in [1.29, 1.82) is 0 Å². The number of carbonyl (C=O) groups is 1. The highest BCUT2D eigenvalue weighted by Gasteiger charge is 2.47. The smallest absolute Gasteiger partial charge is 0.225 e. The van der Waals surface area contributed by atoms with E-state index in [1.54, 1.807) is 0 Å². The van der Waals surface area contributed by atoms with Crippen LogP contribution in [0.2, 0.25) is 0 Å². The quantitative estimate of drug-likeness (QED) is 0.902. The molecule has 3 nitrogen and oxygen atoms in total. The minimum absolute atomic E-state index is 0.0343. The maximum atomic E-state index is 12.2. The van der Waals surface area contributed by atoms with Crippen LogP contribution in [0.15, 0.2) is 24.3 Å². The molecule has 0 spiro atoms. The third-order valence-electron chi connectivity index (χ3n) is 4.68. The lowest BCUT2D eigenvalue weighted by atomic mass is 9.93. The second kappa shape index (κ2) is 4.07. The van der Waals surface area contributed by atoms with Crippen LogP contribution in [0.5, 0.6) is 0 Å². The number of nitrogens with zero attached hydrogens (tertiary/aromatic N) is 1. The fourth-order valence-electron chi connectivity index (χ4n) is 3.49. The molecule has 1 heterocycles. The monoisotopic (exact) mass is 256 g/mol. The van der Waals surface area contributed by atoms with E-state index >= 15 is 0 Å². The van der Waals surface area contributed by atoms with E-state index in [2.05, 4.69) is 29.2 Å². The zero-order chi connectivity index (χ0) is 13.0. The molecule has 1 amide bonds. The van der Waals surface area contributed by atoms with Gasteiger partial charge in [0.2, 0.25) is 5.91 Å². The van der Waals surface area contributed by atoms with E-state index in [9.17, 15) is 4.79 Å². The standard InChI is InChI=1S/C16H20N2O/c17-14-9-15(19)18(11-7-8-11)16(14)13-4-2-1-3-12(13)10-5-6-10/h1-4,10-11,14,16H,5-9,17H2. The van der Waals surface area contributed by atoms with Gasteiger partial charge < -0.3 is 10.6 Å². The number of amides is 1. The number of nitrogens with two attached hydrogens (primary N) is 1. The summed E-state index contributed by atoms with van der Waals surface area (Å²) in [5, 5.41) is 0.